The number of carbonyl (C=O) groups is 1. The third-order valence-electron chi connectivity index (χ3n) is 3.56. The smallest absolute Gasteiger partial charge is 0.223 e. The van der Waals surface area contributed by atoms with Gasteiger partial charge in [0.05, 0.1) is 25.7 Å². The molecular formula is C20H24BrNO3. The zero-order chi connectivity index (χ0) is 18.1. The molecular weight excluding hydrogens is 382 g/mol. The molecule has 2 aromatic rings. The van der Waals surface area contributed by atoms with E-state index in [0.29, 0.717) is 26.2 Å². The Hall–Kier alpha value is -1.85. The molecule has 2 rings (SSSR count). The Kier molecular flexibility index (Phi) is 7.95. The molecule has 1 N–H and O–H groups in total. The molecule has 0 atom stereocenters. The van der Waals surface area contributed by atoms with Crippen molar-refractivity contribution in [1.82, 2.24) is 5.32 Å². The van der Waals surface area contributed by atoms with Crippen molar-refractivity contribution in [2.75, 3.05) is 6.61 Å². The normalized spacial score (nSPS) is 10.7. The highest BCUT2D eigenvalue weighted by molar-refractivity contribution is 9.10. The molecule has 0 aliphatic rings. The third kappa shape index (κ3) is 7.28. The maximum atomic E-state index is 12.0. The van der Waals surface area contributed by atoms with E-state index in [2.05, 4.69) is 21.2 Å². The zero-order valence-corrected chi connectivity index (χ0v) is 16.2. The Morgan fingerprint density at radius 1 is 1.12 bits per heavy atom. The van der Waals surface area contributed by atoms with Crippen molar-refractivity contribution in [2.45, 2.75) is 39.5 Å². The van der Waals surface area contributed by atoms with Crippen LogP contribution in [0.4, 0.5) is 0 Å². The molecule has 134 valence electrons. The predicted octanol–water partition coefficient (Wildman–Crippen LogP) is 4.46. The average molecular weight is 406 g/mol. The predicted molar refractivity (Wildman–Crippen MR) is 102 cm³/mol. The van der Waals surface area contributed by atoms with Gasteiger partial charge >= 0.3 is 0 Å². The van der Waals surface area contributed by atoms with Crippen LogP contribution in [-0.2, 0) is 22.7 Å². The van der Waals surface area contributed by atoms with E-state index in [9.17, 15) is 4.79 Å². The molecule has 25 heavy (non-hydrogen) atoms. The summed E-state index contributed by atoms with van der Waals surface area (Å²) in [6.07, 6.45) is 0.495. The minimum atomic E-state index is -0.0328. The van der Waals surface area contributed by atoms with E-state index in [1.807, 2.05) is 62.4 Å². The van der Waals surface area contributed by atoms with Gasteiger partial charge in [-0.25, -0.2) is 0 Å². The second kappa shape index (κ2) is 10.2. The molecule has 4 nitrogen and oxygen atoms in total. The van der Waals surface area contributed by atoms with Gasteiger partial charge in [-0.15, -0.1) is 0 Å². The van der Waals surface area contributed by atoms with Gasteiger partial charge in [0.25, 0.3) is 0 Å². The second-order valence-electron chi connectivity index (χ2n) is 5.96. The number of rotatable bonds is 9. The van der Waals surface area contributed by atoms with Crippen molar-refractivity contribution in [3.63, 3.8) is 0 Å². The van der Waals surface area contributed by atoms with E-state index >= 15 is 0 Å². The van der Waals surface area contributed by atoms with Gasteiger partial charge in [0, 0.05) is 11.0 Å². The fourth-order valence-electron chi connectivity index (χ4n) is 2.23. The SMILES string of the molecule is CC(C)OCc1ccccc1CNC(=O)CCOc1cccc(Br)c1. The van der Waals surface area contributed by atoms with Crippen LogP contribution in [-0.4, -0.2) is 18.6 Å². The first-order valence-corrected chi connectivity index (χ1v) is 9.17. The molecule has 0 saturated carbocycles. The molecule has 0 saturated heterocycles. The van der Waals surface area contributed by atoms with Crippen molar-refractivity contribution >= 4 is 21.8 Å². The van der Waals surface area contributed by atoms with Crippen molar-refractivity contribution in [1.29, 1.82) is 0 Å². The van der Waals surface area contributed by atoms with Crippen LogP contribution in [0.25, 0.3) is 0 Å². The number of carbonyl (C=O) groups excluding carboxylic acids is 1. The van der Waals surface area contributed by atoms with Crippen molar-refractivity contribution in [2.24, 2.45) is 0 Å². The first kappa shape index (κ1) is 19.5. The highest BCUT2D eigenvalue weighted by Crippen LogP contribution is 2.17. The maximum Gasteiger partial charge on any atom is 0.223 e. The third-order valence-corrected chi connectivity index (χ3v) is 4.05. The Balaban J connectivity index is 1.76. The van der Waals surface area contributed by atoms with Crippen LogP contribution in [0.3, 0.4) is 0 Å². The quantitative estimate of drug-likeness (QED) is 0.669. The number of ether oxygens (including phenoxy) is 2. The minimum absolute atomic E-state index is 0.0328. The number of hydrogen-bond acceptors (Lipinski definition) is 3. The molecule has 0 aromatic heterocycles. The van der Waals surface area contributed by atoms with Gasteiger partial charge in [-0.05, 0) is 43.2 Å². The number of halogens is 1. The van der Waals surface area contributed by atoms with Crippen LogP contribution in [0.2, 0.25) is 0 Å². The van der Waals surface area contributed by atoms with Gasteiger partial charge in [-0.3, -0.25) is 4.79 Å². The van der Waals surface area contributed by atoms with E-state index in [4.69, 9.17) is 9.47 Å². The van der Waals surface area contributed by atoms with Gasteiger partial charge in [-0.1, -0.05) is 46.3 Å². The van der Waals surface area contributed by atoms with Gasteiger partial charge < -0.3 is 14.8 Å². The lowest BCUT2D eigenvalue weighted by Gasteiger charge is -2.13. The molecule has 1 amide bonds. The Morgan fingerprint density at radius 2 is 1.88 bits per heavy atom. The lowest BCUT2D eigenvalue weighted by atomic mass is 10.1. The molecule has 0 heterocycles. The molecule has 0 bridgehead atoms. The van der Waals surface area contributed by atoms with E-state index < -0.39 is 0 Å². The van der Waals surface area contributed by atoms with Crippen LogP contribution in [0.1, 0.15) is 31.4 Å². The average Bonchev–Trinajstić information content (AvgIpc) is 2.59. The summed E-state index contributed by atoms with van der Waals surface area (Å²) >= 11 is 3.39. The molecule has 0 unspecified atom stereocenters. The lowest BCUT2D eigenvalue weighted by Crippen LogP contribution is -2.25. The topological polar surface area (TPSA) is 47.6 Å². The standard InChI is InChI=1S/C20H24BrNO3/c1-15(2)25-14-17-7-4-3-6-16(17)13-22-20(23)10-11-24-19-9-5-8-18(21)12-19/h3-9,12,15H,10-11,13-14H2,1-2H3,(H,22,23). The van der Waals surface area contributed by atoms with Crippen molar-refractivity contribution < 1.29 is 14.3 Å². The second-order valence-corrected chi connectivity index (χ2v) is 6.88. The zero-order valence-electron chi connectivity index (χ0n) is 14.6. The largest absolute Gasteiger partial charge is 0.493 e. The summed E-state index contributed by atoms with van der Waals surface area (Å²) in [7, 11) is 0. The fourth-order valence-corrected chi connectivity index (χ4v) is 2.61. The molecule has 0 radical (unpaired) electrons. The van der Waals surface area contributed by atoms with Crippen molar-refractivity contribution in [3.8, 4) is 5.75 Å². The summed E-state index contributed by atoms with van der Waals surface area (Å²) in [5.41, 5.74) is 2.17. The summed E-state index contributed by atoms with van der Waals surface area (Å²) in [5, 5.41) is 2.94. The molecule has 2 aromatic carbocycles. The van der Waals surface area contributed by atoms with E-state index in [0.717, 1.165) is 21.3 Å². The van der Waals surface area contributed by atoms with Crippen LogP contribution in [0, 0.1) is 0 Å². The molecule has 0 aliphatic heterocycles. The lowest BCUT2D eigenvalue weighted by molar-refractivity contribution is -0.121. The number of nitrogens with one attached hydrogen (secondary N) is 1. The highest BCUT2D eigenvalue weighted by atomic mass is 79.9. The highest BCUT2D eigenvalue weighted by Gasteiger charge is 2.06. The number of benzene rings is 2. The Labute approximate surface area is 157 Å². The Bertz CT molecular complexity index is 688. The molecule has 0 fully saturated rings. The number of amides is 1. The van der Waals surface area contributed by atoms with Gasteiger partial charge in [-0.2, -0.15) is 0 Å². The van der Waals surface area contributed by atoms with Crippen LogP contribution < -0.4 is 10.1 Å². The van der Waals surface area contributed by atoms with Crippen LogP contribution in [0.15, 0.2) is 53.0 Å². The molecule has 5 heteroatoms. The fraction of sp³-hybridized carbons (Fsp3) is 0.350. The molecule has 0 spiro atoms. The molecule has 0 aliphatic carbocycles. The summed E-state index contributed by atoms with van der Waals surface area (Å²) in [6.45, 7) is 5.41. The maximum absolute atomic E-state index is 12.0. The van der Waals surface area contributed by atoms with Crippen LogP contribution in [0.5, 0.6) is 5.75 Å². The van der Waals surface area contributed by atoms with Gasteiger partial charge in [0.15, 0.2) is 0 Å². The van der Waals surface area contributed by atoms with E-state index in [1.165, 1.54) is 0 Å². The summed E-state index contributed by atoms with van der Waals surface area (Å²) in [6, 6.07) is 15.6. The minimum Gasteiger partial charge on any atom is -0.493 e. The summed E-state index contributed by atoms with van der Waals surface area (Å²) in [4.78, 5) is 12.0. The summed E-state index contributed by atoms with van der Waals surface area (Å²) < 4.78 is 12.2. The van der Waals surface area contributed by atoms with Gasteiger partial charge in [0.1, 0.15) is 5.75 Å². The van der Waals surface area contributed by atoms with E-state index in [1.54, 1.807) is 0 Å². The summed E-state index contributed by atoms with van der Waals surface area (Å²) in [5.74, 6) is 0.716. The first-order chi connectivity index (χ1) is 12.0. The number of hydrogen-bond donors (Lipinski definition) is 1. The monoisotopic (exact) mass is 405 g/mol. The first-order valence-electron chi connectivity index (χ1n) is 8.38. The van der Waals surface area contributed by atoms with Crippen molar-refractivity contribution in [3.05, 3.63) is 64.1 Å². The van der Waals surface area contributed by atoms with Gasteiger partial charge in [0.2, 0.25) is 5.91 Å². The Morgan fingerprint density at radius 3 is 2.60 bits per heavy atom. The van der Waals surface area contributed by atoms with Crippen LogP contribution >= 0.6 is 15.9 Å². The van der Waals surface area contributed by atoms with E-state index in [-0.39, 0.29) is 12.0 Å².